The van der Waals surface area contributed by atoms with Crippen molar-refractivity contribution in [3.8, 4) is 5.75 Å². The molecule has 0 spiro atoms. The number of benzene rings is 2. The normalized spacial score (nSPS) is 20.1. The van der Waals surface area contributed by atoms with E-state index in [1.54, 1.807) is 42.3 Å². The Bertz CT molecular complexity index is 720. The molecule has 6 heteroatoms. The molecule has 2 aromatic rings. The first-order valence-corrected chi connectivity index (χ1v) is 7.82. The summed E-state index contributed by atoms with van der Waals surface area (Å²) >= 11 is 0. The maximum Gasteiger partial charge on any atom is 0.229 e. The lowest BCUT2D eigenvalue weighted by Gasteiger charge is -2.25. The second-order valence-electron chi connectivity index (χ2n) is 5.98. The first kappa shape index (κ1) is 16.4. The Morgan fingerprint density at radius 3 is 2.67 bits per heavy atom. The minimum absolute atomic E-state index is 0.0370. The number of phenols is 1. The van der Waals surface area contributed by atoms with Crippen LogP contribution in [0.3, 0.4) is 0 Å². The van der Waals surface area contributed by atoms with Crippen molar-refractivity contribution in [3.05, 3.63) is 65.5 Å². The molecule has 5 nitrogen and oxygen atoms in total. The molecule has 1 heterocycles. The van der Waals surface area contributed by atoms with Gasteiger partial charge in [0.05, 0.1) is 12.0 Å². The molecule has 126 valence electrons. The van der Waals surface area contributed by atoms with E-state index in [2.05, 4.69) is 10.9 Å². The largest absolute Gasteiger partial charge is 0.508 e. The van der Waals surface area contributed by atoms with Gasteiger partial charge in [0.1, 0.15) is 11.6 Å². The van der Waals surface area contributed by atoms with Crippen LogP contribution in [0.4, 0.5) is 4.39 Å². The fourth-order valence-corrected chi connectivity index (χ4v) is 2.97. The zero-order chi connectivity index (χ0) is 17.1. The quantitative estimate of drug-likeness (QED) is 0.802. The van der Waals surface area contributed by atoms with Gasteiger partial charge in [-0.2, -0.15) is 0 Å². The molecule has 0 bridgehead atoms. The summed E-state index contributed by atoms with van der Waals surface area (Å²) < 4.78 is 13.1. The van der Waals surface area contributed by atoms with E-state index >= 15 is 0 Å². The van der Waals surface area contributed by atoms with Gasteiger partial charge in [-0.1, -0.05) is 30.3 Å². The fourth-order valence-electron chi connectivity index (χ4n) is 2.97. The zero-order valence-electron chi connectivity index (χ0n) is 13.4. The van der Waals surface area contributed by atoms with Gasteiger partial charge in [0.2, 0.25) is 5.91 Å². The lowest BCUT2D eigenvalue weighted by atomic mass is 9.93. The second-order valence-corrected chi connectivity index (χ2v) is 5.98. The van der Waals surface area contributed by atoms with Crippen molar-refractivity contribution in [1.29, 1.82) is 0 Å². The lowest BCUT2D eigenvalue weighted by Crippen LogP contribution is -2.36. The van der Waals surface area contributed by atoms with Crippen LogP contribution in [0.5, 0.6) is 5.75 Å². The number of aromatic hydroxyl groups is 1. The monoisotopic (exact) mass is 329 g/mol. The number of hydrogen-bond donors (Lipinski definition) is 3. The van der Waals surface area contributed by atoms with E-state index in [9.17, 15) is 14.3 Å². The molecule has 2 atom stereocenters. The number of phenolic OH excluding ortho intramolecular Hbond substituents is 1. The first-order chi connectivity index (χ1) is 11.6. The second kappa shape index (κ2) is 6.98. The highest BCUT2D eigenvalue weighted by Crippen LogP contribution is 2.27. The number of amides is 1. The van der Waals surface area contributed by atoms with E-state index in [1.165, 1.54) is 12.1 Å². The fraction of sp³-hybridized carbons (Fsp3) is 0.278. The third kappa shape index (κ3) is 3.39. The summed E-state index contributed by atoms with van der Waals surface area (Å²) in [6, 6.07) is 12.9. The molecule has 0 aliphatic carbocycles. The van der Waals surface area contributed by atoms with Crippen LogP contribution in [0.15, 0.2) is 48.5 Å². The molecule has 0 saturated carbocycles. The van der Waals surface area contributed by atoms with E-state index in [4.69, 9.17) is 0 Å². The summed E-state index contributed by atoms with van der Waals surface area (Å²) in [6.45, 7) is 0.824. The van der Waals surface area contributed by atoms with Crippen LogP contribution in [0, 0.1) is 11.7 Å². The van der Waals surface area contributed by atoms with Crippen LogP contribution in [-0.4, -0.2) is 29.5 Å². The number of carbonyl (C=O) groups excluding carboxylic acids is 1. The van der Waals surface area contributed by atoms with Crippen LogP contribution in [0.1, 0.15) is 17.2 Å². The predicted octanol–water partition coefficient (Wildman–Crippen LogP) is 1.95. The van der Waals surface area contributed by atoms with Crippen LogP contribution in [0.25, 0.3) is 0 Å². The zero-order valence-corrected chi connectivity index (χ0v) is 13.4. The molecular weight excluding hydrogens is 309 g/mol. The Morgan fingerprint density at radius 1 is 1.25 bits per heavy atom. The number of nitrogens with zero attached hydrogens (tertiary/aromatic N) is 1. The molecule has 2 unspecified atom stereocenters. The van der Waals surface area contributed by atoms with Crippen molar-refractivity contribution < 1.29 is 14.3 Å². The minimum atomic E-state index is -0.302. The summed E-state index contributed by atoms with van der Waals surface area (Å²) in [6.07, 6.45) is 0. The average Bonchev–Trinajstić information content (AvgIpc) is 3.06. The van der Waals surface area contributed by atoms with Gasteiger partial charge in [-0.3, -0.25) is 10.2 Å². The number of nitrogens with one attached hydrogen (secondary N) is 2. The molecule has 1 aliphatic rings. The van der Waals surface area contributed by atoms with Crippen LogP contribution in [0.2, 0.25) is 0 Å². The molecule has 1 aliphatic heterocycles. The van der Waals surface area contributed by atoms with Gasteiger partial charge in [0, 0.05) is 25.7 Å². The van der Waals surface area contributed by atoms with Gasteiger partial charge in [-0.25, -0.2) is 9.82 Å². The van der Waals surface area contributed by atoms with Gasteiger partial charge in [0.25, 0.3) is 0 Å². The standard InChI is InChI=1S/C18H20FN3O2/c1-22(11-13-4-2-3-5-16(13)23)18(24)15-10-20-21-17(15)12-6-8-14(19)9-7-12/h2-9,15,17,20-21,23H,10-11H2,1H3. The van der Waals surface area contributed by atoms with Gasteiger partial charge in [0.15, 0.2) is 0 Å². The van der Waals surface area contributed by atoms with Gasteiger partial charge < -0.3 is 10.0 Å². The lowest BCUT2D eigenvalue weighted by molar-refractivity contribution is -0.134. The maximum atomic E-state index is 13.1. The molecule has 1 saturated heterocycles. The molecule has 0 aromatic heterocycles. The van der Waals surface area contributed by atoms with E-state index < -0.39 is 0 Å². The van der Waals surface area contributed by atoms with Crippen molar-refractivity contribution in [1.82, 2.24) is 15.8 Å². The molecule has 1 fully saturated rings. The highest BCUT2D eigenvalue weighted by Gasteiger charge is 2.35. The smallest absolute Gasteiger partial charge is 0.229 e. The van der Waals surface area contributed by atoms with E-state index in [0.29, 0.717) is 18.7 Å². The van der Waals surface area contributed by atoms with Crippen molar-refractivity contribution in [3.63, 3.8) is 0 Å². The summed E-state index contributed by atoms with van der Waals surface area (Å²) in [7, 11) is 1.72. The number of hydrazine groups is 1. The van der Waals surface area contributed by atoms with E-state index in [1.807, 2.05) is 6.07 Å². The number of halogens is 1. The van der Waals surface area contributed by atoms with Crippen molar-refractivity contribution >= 4 is 5.91 Å². The van der Waals surface area contributed by atoms with Crippen LogP contribution in [-0.2, 0) is 11.3 Å². The van der Waals surface area contributed by atoms with E-state index in [0.717, 1.165) is 5.56 Å². The third-order valence-electron chi connectivity index (χ3n) is 4.30. The summed E-state index contributed by atoms with van der Waals surface area (Å²) in [5.41, 5.74) is 7.65. The predicted molar refractivity (Wildman–Crippen MR) is 88.4 cm³/mol. The van der Waals surface area contributed by atoms with Crippen LogP contribution < -0.4 is 10.9 Å². The topological polar surface area (TPSA) is 64.6 Å². The molecule has 3 rings (SSSR count). The maximum absolute atomic E-state index is 13.1. The first-order valence-electron chi connectivity index (χ1n) is 7.82. The summed E-state index contributed by atoms with van der Waals surface area (Å²) in [5, 5.41) is 9.86. The SMILES string of the molecule is CN(Cc1ccccc1O)C(=O)C1CNNC1c1ccc(F)cc1. The minimum Gasteiger partial charge on any atom is -0.508 e. The highest BCUT2D eigenvalue weighted by molar-refractivity contribution is 5.80. The summed E-state index contributed by atoms with van der Waals surface area (Å²) in [5.74, 6) is -0.462. The molecule has 24 heavy (non-hydrogen) atoms. The Labute approximate surface area is 140 Å². The van der Waals surface area contributed by atoms with Crippen LogP contribution >= 0.6 is 0 Å². The molecule has 3 N–H and O–H groups in total. The molecular formula is C18H20FN3O2. The van der Waals surface area contributed by atoms with E-state index in [-0.39, 0.29) is 29.4 Å². The Hall–Kier alpha value is -2.44. The highest BCUT2D eigenvalue weighted by atomic mass is 19.1. The number of para-hydroxylation sites is 1. The molecule has 0 radical (unpaired) electrons. The third-order valence-corrected chi connectivity index (χ3v) is 4.30. The molecule has 1 amide bonds. The summed E-state index contributed by atoms with van der Waals surface area (Å²) in [4.78, 5) is 14.4. The Morgan fingerprint density at radius 2 is 1.96 bits per heavy atom. The van der Waals surface area contributed by atoms with Gasteiger partial charge in [-0.15, -0.1) is 0 Å². The Kier molecular flexibility index (Phi) is 4.78. The van der Waals surface area contributed by atoms with Crippen molar-refractivity contribution in [2.75, 3.05) is 13.6 Å². The van der Waals surface area contributed by atoms with Crippen molar-refractivity contribution in [2.45, 2.75) is 12.6 Å². The van der Waals surface area contributed by atoms with Gasteiger partial charge in [-0.05, 0) is 23.8 Å². The number of carbonyl (C=O) groups is 1. The van der Waals surface area contributed by atoms with Crippen molar-refractivity contribution in [2.24, 2.45) is 5.92 Å². The average molecular weight is 329 g/mol. The molecule has 2 aromatic carbocycles. The Balaban J connectivity index is 1.73. The number of hydrogen-bond acceptors (Lipinski definition) is 4. The number of rotatable bonds is 4. The van der Waals surface area contributed by atoms with Gasteiger partial charge >= 0.3 is 0 Å².